The average molecular weight is 330 g/mol. The molecule has 0 aliphatic carbocycles. The highest BCUT2D eigenvalue weighted by Gasteiger charge is 2.31. The Morgan fingerprint density at radius 2 is 2.26 bits per heavy atom. The minimum absolute atomic E-state index is 0.235. The molecular weight excluding hydrogens is 314 g/mol. The molecule has 0 saturated carbocycles. The Hall–Kier alpha value is -2.32. The highest BCUT2D eigenvalue weighted by Crippen LogP contribution is 2.35. The van der Waals surface area contributed by atoms with Gasteiger partial charge in [0.2, 0.25) is 0 Å². The van der Waals surface area contributed by atoms with E-state index in [1.54, 1.807) is 18.3 Å². The molecule has 1 aliphatic heterocycles. The number of aliphatic carboxylic acids is 1. The van der Waals surface area contributed by atoms with Crippen molar-refractivity contribution >= 4 is 34.2 Å². The van der Waals surface area contributed by atoms with Crippen LogP contribution in [0.25, 0.3) is 10.9 Å². The van der Waals surface area contributed by atoms with Crippen LogP contribution in [0.5, 0.6) is 0 Å². The Balaban J connectivity index is 2.15. The largest absolute Gasteiger partial charge is 0.481 e. The normalized spacial score (nSPS) is 21.2. The maximum absolute atomic E-state index is 11.4. The molecule has 2 unspecified atom stereocenters. The molecule has 23 heavy (non-hydrogen) atoms. The lowest BCUT2D eigenvalue weighted by Gasteiger charge is -2.37. The number of halogens is 1. The maximum Gasteiger partial charge on any atom is 0.308 e. The number of pyridine rings is 1. The van der Waals surface area contributed by atoms with E-state index in [4.69, 9.17) is 11.6 Å². The number of carboxylic acids is 1. The van der Waals surface area contributed by atoms with Gasteiger partial charge in [0, 0.05) is 29.7 Å². The fourth-order valence-electron chi connectivity index (χ4n) is 3.29. The molecule has 1 aromatic carbocycles. The fourth-order valence-corrected chi connectivity index (χ4v) is 3.46. The Morgan fingerprint density at radius 3 is 2.96 bits per heavy atom. The molecule has 2 aromatic rings. The first kappa shape index (κ1) is 15.6. The van der Waals surface area contributed by atoms with Crippen molar-refractivity contribution in [1.82, 2.24) is 4.98 Å². The monoisotopic (exact) mass is 329 g/mol. The first-order chi connectivity index (χ1) is 11.0. The molecule has 5 nitrogen and oxygen atoms in total. The molecule has 1 aromatic heterocycles. The van der Waals surface area contributed by atoms with E-state index in [-0.39, 0.29) is 5.92 Å². The van der Waals surface area contributed by atoms with Gasteiger partial charge in [0.25, 0.3) is 0 Å². The van der Waals surface area contributed by atoms with Crippen LogP contribution in [0.2, 0.25) is 5.02 Å². The molecule has 0 amide bonds. The van der Waals surface area contributed by atoms with Gasteiger partial charge >= 0.3 is 5.97 Å². The van der Waals surface area contributed by atoms with E-state index < -0.39 is 11.9 Å². The second kappa shape index (κ2) is 6.05. The summed E-state index contributed by atoms with van der Waals surface area (Å²) >= 11 is 6.11. The van der Waals surface area contributed by atoms with Crippen molar-refractivity contribution in [2.45, 2.75) is 13.3 Å². The number of nitrogens with zero attached hydrogens (tertiary/aromatic N) is 3. The lowest BCUT2D eigenvalue weighted by Crippen LogP contribution is -2.43. The predicted octanol–water partition coefficient (Wildman–Crippen LogP) is 3.31. The molecular formula is C17H16ClN3O2. The second-order valence-corrected chi connectivity index (χ2v) is 6.51. The first-order valence-corrected chi connectivity index (χ1v) is 7.83. The highest BCUT2D eigenvalue weighted by molar-refractivity contribution is 6.31. The maximum atomic E-state index is 11.4. The van der Waals surface area contributed by atoms with Gasteiger partial charge in [-0.15, -0.1) is 0 Å². The molecule has 1 N–H and O–H groups in total. The molecule has 0 radical (unpaired) electrons. The first-order valence-electron chi connectivity index (χ1n) is 7.45. The zero-order valence-electron chi connectivity index (χ0n) is 12.7. The van der Waals surface area contributed by atoms with E-state index in [0.717, 1.165) is 16.6 Å². The lowest BCUT2D eigenvalue weighted by molar-refractivity contribution is -0.142. The average Bonchev–Trinajstić information content (AvgIpc) is 2.52. The molecule has 118 valence electrons. The Morgan fingerprint density at radius 1 is 1.48 bits per heavy atom. The van der Waals surface area contributed by atoms with Gasteiger partial charge in [-0.05, 0) is 30.5 Å². The molecule has 2 atom stereocenters. The fraction of sp³-hybridized carbons (Fsp3) is 0.353. The summed E-state index contributed by atoms with van der Waals surface area (Å²) in [5, 5.41) is 20.2. The van der Waals surface area contributed by atoms with Crippen molar-refractivity contribution in [1.29, 1.82) is 5.26 Å². The zero-order chi connectivity index (χ0) is 16.6. The van der Waals surface area contributed by atoms with Gasteiger partial charge in [0.1, 0.15) is 6.07 Å². The molecule has 2 heterocycles. The van der Waals surface area contributed by atoms with Crippen molar-refractivity contribution in [3.8, 4) is 6.07 Å². The number of hydrogen-bond donors (Lipinski definition) is 1. The molecule has 0 bridgehead atoms. The summed E-state index contributed by atoms with van der Waals surface area (Å²) in [7, 11) is 0. The van der Waals surface area contributed by atoms with E-state index in [1.165, 1.54) is 0 Å². The van der Waals surface area contributed by atoms with Crippen LogP contribution in [0.4, 0.5) is 5.69 Å². The van der Waals surface area contributed by atoms with Crippen LogP contribution in [0, 0.1) is 23.2 Å². The summed E-state index contributed by atoms with van der Waals surface area (Å²) in [5.74, 6) is -0.997. The van der Waals surface area contributed by atoms with Crippen molar-refractivity contribution in [2.75, 3.05) is 18.0 Å². The van der Waals surface area contributed by atoms with Gasteiger partial charge in [-0.3, -0.25) is 9.78 Å². The standard InChI is InChI=1S/C17H16ClN3O2/c1-10-4-11(17(22)23)9-21(8-10)16-12(6-19)7-20-15-3-2-13(18)5-14(15)16/h2-3,5,7,10-11H,4,8-9H2,1H3,(H,22,23). The number of aromatic nitrogens is 1. The second-order valence-electron chi connectivity index (χ2n) is 6.07. The van der Waals surface area contributed by atoms with Crippen LogP contribution in [0.1, 0.15) is 18.9 Å². The van der Waals surface area contributed by atoms with Crippen LogP contribution in [0.3, 0.4) is 0 Å². The van der Waals surface area contributed by atoms with Gasteiger partial charge < -0.3 is 10.0 Å². The number of fused-ring (bicyclic) bond motifs is 1. The summed E-state index contributed by atoms with van der Waals surface area (Å²) < 4.78 is 0. The number of carbonyl (C=O) groups is 1. The highest BCUT2D eigenvalue weighted by atomic mass is 35.5. The topological polar surface area (TPSA) is 77.2 Å². The van der Waals surface area contributed by atoms with E-state index >= 15 is 0 Å². The number of nitriles is 1. The molecule has 1 fully saturated rings. The molecule has 0 spiro atoms. The van der Waals surface area contributed by atoms with Crippen LogP contribution >= 0.6 is 11.6 Å². The quantitative estimate of drug-likeness (QED) is 0.914. The summed E-state index contributed by atoms with van der Waals surface area (Å²) in [6.07, 6.45) is 2.19. The van der Waals surface area contributed by atoms with Crippen molar-refractivity contribution < 1.29 is 9.90 Å². The van der Waals surface area contributed by atoms with E-state index in [1.807, 2.05) is 17.9 Å². The van der Waals surface area contributed by atoms with E-state index in [2.05, 4.69) is 11.1 Å². The number of benzene rings is 1. The van der Waals surface area contributed by atoms with E-state index in [9.17, 15) is 15.2 Å². The number of anilines is 1. The summed E-state index contributed by atoms with van der Waals surface area (Å²) in [5.41, 5.74) is 1.92. The smallest absolute Gasteiger partial charge is 0.308 e. The van der Waals surface area contributed by atoms with Crippen molar-refractivity contribution in [3.63, 3.8) is 0 Å². The number of rotatable bonds is 2. The van der Waals surface area contributed by atoms with Gasteiger partial charge in [-0.1, -0.05) is 18.5 Å². The lowest BCUT2D eigenvalue weighted by atomic mass is 9.89. The summed E-state index contributed by atoms with van der Waals surface area (Å²) in [6, 6.07) is 7.52. The third kappa shape index (κ3) is 2.95. The minimum Gasteiger partial charge on any atom is -0.481 e. The Kier molecular flexibility index (Phi) is 4.10. The summed E-state index contributed by atoms with van der Waals surface area (Å²) in [4.78, 5) is 17.7. The zero-order valence-corrected chi connectivity index (χ0v) is 13.4. The van der Waals surface area contributed by atoms with Crippen molar-refractivity contribution in [3.05, 3.63) is 35.0 Å². The van der Waals surface area contributed by atoms with Gasteiger partial charge in [-0.25, -0.2) is 0 Å². The molecule has 6 heteroatoms. The van der Waals surface area contributed by atoms with Gasteiger partial charge in [0.15, 0.2) is 0 Å². The third-order valence-corrected chi connectivity index (χ3v) is 4.48. The number of hydrogen-bond acceptors (Lipinski definition) is 4. The third-order valence-electron chi connectivity index (χ3n) is 4.25. The molecule has 1 aliphatic rings. The SMILES string of the molecule is CC1CC(C(=O)O)CN(c2c(C#N)cnc3ccc(Cl)cc23)C1. The predicted molar refractivity (Wildman–Crippen MR) is 88.6 cm³/mol. The van der Waals surface area contributed by atoms with Crippen LogP contribution in [-0.4, -0.2) is 29.1 Å². The molecule has 1 saturated heterocycles. The molecule has 3 rings (SSSR count). The number of carboxylic acid groups (broad SMARTS) is 1. The number of piperidine rings is 1. The van der Waals surface area contributed by atoms with Gasteiger partial charge in [0.05, 0.1) is 22.7 Å². The van der Waals surface area contributed by atoms with E-state index in [0.29, 0.717) is 30.1 Å². The van der Waals surface area contributed by atoms with Crippen LogP contribution in [-0.2, 0) is 4.79 Å². The van der Waals surface area contributed by atoms with Crippen molar-refractivity contribution in [2.24, 2.45) is 11.8 Å². The van der Waals surface area contributed by atoms with Gasteiger partial charge in [-0.2, -0.15) is 5.26 Å². The Bertz CT molecular complexity index is 815. The Labute approximate surface area is 139 Å². The van der Waals surface area contributed by atoms with Crippen LogP contribution in [0.15, 0.2) is 24.4 Å². The minimum atomic E-state index is -0.795. The summed E-state index contributed by atoms with van der Waals surface area (Å²) in [6.45, 7) is 3.13. The van der Waals surface area contributed by atoms with Crippen LogP contribution < -0.4 is 4.90 Å².